The molecule has 2 aliphatic heterocycles. The number of allylic oxidation sites excluding steroid dienone is 4. The molecular weight excluding hydrogens is 805 g/mol. The van der Waals surface area contributed by atoms with E-state index in [9.17, 15) is 29.4 Å². The molecule has 12 nitrogen and oxygen atoms in total. The van der Waals surface area contributed by atoms with Gasteiger partial charge in [-0.1, -0.05) is 84.9 Å². The maximum Gasteiger partial charge on any atom is 0.259 e. The first-order chi connectivity index (χ1) is 31.3. The van der Waals surface area contributed by atoms with E-state index < -0.39 is 17.9 Å². The highest BCUT2D eigenvalue weighted by atomic mass is 16.3. The number of hydrogen-bond donors (Lipinski definition) is 6. The first kappa shape index (κ1) is 36.5. The van der Waals surface area contributed by atoms with Gasteiger partial charge in [-0.25, -0.2) is 0 Å². The fourth-order valence-corrected chi connectivity index (χ4v) is 11.4. The number of aromatic nitrogens is 4. The fourth-order valence-electron chi connectivity index (χ4n) is 11.4. The van der Waals surface area contributed by atoms with Gasteiger partial charge in [0.2, 0.25) is 0 Å². The van der Waals surface area contributed by atoms with E-state index in [4.69, 9.17) is 0 Å². The molecular formula is C52H38N6O6. The third-order valence-corrected chi connectivity index (χ3v) is 13.9. The highest BCUT2D eigenvalue weighted by Gasteiger charge is 2.39. The number of nitrogens with zero attached hydrogens (tertiary/aromatic N) is 2. The SMILES string of the molecule is O=C1NC(=O)c2c1c1c3ccccc3[nH]c1c1c2c2ccccc2n1C1C=CCCC1.O=C1NC(=O)c2c1c1c3ccccc3[nH]c1c1c2c2ccccc2n1C1CCCC(O)=C1O. The molecule has 14 rings (SSSR count). The van der Waals surface area contributed by atoms with Gasteiger partial charge < -0.3 is 29.3 Å². The van der Waals surface area contributed by atoms with Crippen molar-refractivity contribution in [1.29, 1.82) is 0 Å². The molecule has 0 fully saturated rings. The molecule has 0 bridgehead atoms. The van der Waals surface area contributed by atoms with E-state index in [0.29, 0.717) is 45.9 Å². The molecule has 4 aromatic heterocycles. The number of carbonyl (C=O) groups is 4. The van der Waals surface area contributed by atoms with E-state index in [2.05, 4.69) is 49.5 Å². The van der Waals surface area contributed by atoms with Gasteiger partial charge in [0.1, 0.15) is 5.76 Å². The lowest BCUT2D eigenvalue weighted by atomic mass is 9.96. The van der Waals surface area contributed by atoms with E-state index in [1.165, 1.54) is 0 Å². The fraction of sp³-hybridized carbons (Fsp3) is 0.154. The maximum absolute atomic E-state index is 13.1. The normalized spacial score (nSPS) is 18.6. The number of aliphatic hydroxyl groups excluding tert-OH is 2. The Hall–Kier alpha value is -8.12. The van der Waals surface area contributed by atoms with Crippen molar-refractivity contribution in [3.05, 3.63) is 143 Å². The van der Waals surface area contributed by atoms with Crippen LogP contribution in [0.25, 0.3) is 87.2 Å². The predicted octanol–water partition coefficient (Wildman–Crippen LogP) is 11.0. The highest BCUT2D eigenvalue weighted by Crippen LogP contribution is 2.48. The topological polar surface area (TPSA) is 174 Å². The number of benzene rings is 6. The first-order valence-electron chi connectivity index (χ1n) is 21.8. The quantitative estimate of drug-likeness (QED) is 0.0746. The summed E-state index contributed by atoms with van der Waals surface area (Å²) in [6.45, 7) is 0. The summed E-state index contributed by atoms with van der Waals surface area (Å²) in [5.41, 5.74) is 8.92. The summed E-state index contributed by atoms with van der Waals surface area (Å²) in [4.78, 5) is 59.2. The van der Waals surface area contributed by atoms with Crippen LogP contribution in [0.15, 0.2) is 121 Å². The second-order valence-corrected chi connectivity index (χ2v) is 17.3. The molecule has 0 saturated heterocycles. The first-order valence-corrected chi connectivity index (χ1v) is 21.8. The zero-order valence-electron chi connectivity index (χ0n) is 34.2. The summed E-state index contributed by atoms with van der Waals surface area (Å²) in [6, 6.07) is 31.4. The number of para-hydroxylation sites is 4. The van der Waals surface area contributed by atoms with Crippen LogP contribution in [-0.2, 0) is 0 Å². The Morgan fingerprint density at radius 1 is 0.516 bits per heavy atom. The molecule has 6 N–H and O–H groups in total. The van der Waals surface area contributed by atoms with E-state index in [1.54, 1.807) is 0 Å². The van der Waals surface area contributed by atoms with Crippen LogP contribution >= 0.6 is 0 Å². The average molecular weight is 843 g/mol. The van der Waals surface area contributed by atoms with Gasteiger partial charge in [-0.3, -0.25) is 29.8 Å². The molecule has 4 aliphatic rings. The van der Waals surface area contributed by atoms with Gasteiger partial charge >= 0.3 is 0 Å². The minimum atomic E-state index is -0.478. The number of carbonyl (C=O) groups excluding carboxylic acids is 4. The lowest BCUT2D eigenvalue weighted by Crippen LogP contribution is -2.20. The van der Waals surface area contributed by atoms with Crippen LogP contribution in [0.1, 0.15) is 92.0 Å². The van der Waals surface area contributed by atoms with Gasteiger partial charge in [-0.2, -0.15) is 0 Å². The minimum absolute atomic E-state index is 0.000785. The zero-order valence-corrected chi connectivity index (χ0v) is 34.2. The number of aliphatic hydroxyl groups is 2. The van der Waals surface area contributed by atoms with Gasteiger partial charge in [0, 0.05) is 71.6 Å². The van der Waals surface area contributed by atoms with Gasteiger partial charge in [0.25, 0.3) is 23.6 Å². The van der Waals surface area contributed by atoms with Gasteiger partial charge in [-0.05, 0) is 56.4 Å². The average Bonchev–Trinajstić information content (AvgIpc) is 4.15. The zero-order chi connectivity index (χ0) is 43.1. The van der Waals surface area contributed by atoms with Crippen molar-refractivity contribution in [2.45, 2.75) is 50.6 Å². The summed E-state index contributed by atoms with van der Waals surface area (Å²) in [6.07, 6.45) is 9.63. The van der Waals surface area contributed by atoms with Crippen molar-refractivity contribution in [1.82, 2.24) is 29.7 Å². The van der Waals surface area contributed by atoms with E-state index in [0.717, 1.165) is 102 Å². The van der Waals surface area contributed by atoms with Gasteiger partial charge in [0.05, 0.1) is 56.4 Å². The minimum Gasteiger partial charge on any atom is -0.509 e. The number of amides is 4. The summed E-state index contributed by atoms with van der Waals surface area (Å²) in [5.74, 6) is -1.48. The third kappa shape index (κ3) is 4.76. The lowest BCUT2D eigenvalue weighted by Gasteiger charge is -2.25. The van der Waals surface area contributed by atoms with Crippen molar-refractivity contribution < 1.29 is 29.4 Å². The number of nitrogens with one attached hydrogen (secondary N) is 4. The summed E-state index contributed by atoms with van der Waals surface area (Å²) >= 11 is 0. The molecule has 0 spiro atoms. The second-order valence-electron chi connectivity index (χ2n) is 17.3. The summed E-state index contributed by atoms with van der Waals surface area (Å²) < 4.78 is 4.39. The summed E-state index contributed by atoms with van der Waals surface area (Å²) in [5, 5.41) is 33.0. The number of imide groups is 2. The molecule has 6 heterocycles. The number of H-pyrrole nitrogens is 2. The monoisotopic (exact) mass is 842 g/mol. The Labute approximate surface area is 362 Å². The van der Waals surface area contributed by atoms with Crippen LogP contribution in [0.5, 0.6) is 0 Å². The molecule has 6 aromatic carbocycles. The van der Waals surface area contributed by atoms with Crippen LogP contribution in [0.2, 0.25) is 0 Å². The van der Waals surface area contributed by atoms with Crippen molar-refractivity contribution in [3.8, 4) is 0 Å². The number of fused-ring (bicyclic) bond motifs is 20. The molecule has 2 atom stereocenters. The summed E-state index contributed by atoms with van der Waals surface area (Å²) in [7, 11) is 0. The maximum atomic E-state index is 13.1. The van der Waals surface area contributed by atoms with E-state index >= 15 is 0 Å². The molecule has 0 saturated carbocycles. The smallest absolute Gasteiger partial charge is 0.259 e. The van der Waals surface area contributed by atoms with Crippen LogP contribution in [-0.4, -0.2) is 52.9 Å². The third-order valence-electron chi connectivity index (χ3n) is 13.9. The van der Waals surface area contributed by atoms with Gasteiger partial charge in [-0.15, -0.1) is 0 Å². The molecule has 2 unspecified atom stereocenters. The van der Waals surface area contributed by atoms with Crippen LogP contribution in [0, 0.1) is 0 Å². The van der Waals surface area contributed by atoms with Crippen molar-refractivity contribution >= 4 is 111 Å². The van der Waals surface area contributed by atoms with Gasteiger partial charge in [0.15, 0.2) is 5.76 Å². The van der Waals surface area contributed by atoms with Crippen LogP contribution in [0.4, 0.5) is 0 Å². The predicted molar refractivity (Wildman–Crippen MR) is 248 cm³/mol. The van der Waals surface area contributed by atoms with Crippen molar-refractivity contribution in [2.75, 3.05) is 0 Å². The second kappa shape index (κ2) is 13.2. The lowest BCUT2D eigenvalue weighted by molar-refractivity contribution is 0.0864. The standard InChI is InChI=1S/C26H19N3O4.C26H19N3O2/c30-17-11-5-10-16(24(17)31)29-15-9-4-2-7-13(15)19-21-20(25(32)28-26(21)33)18-12-6-1-3-8-14(12)27-22(18)23(19)29;30-25-21-19-15-10-4-6-12-17(15)27-23(19)24-20(22(21)26(31)28-25)16-11-5-7-13-18(16)29(24)14-8-2-1-3-9-14/h1-4,6-9,16,27,30-31H,5,10-11H2,(H,28,32,33);2,4-8,10-14,27H,1,3,9H2,(H,28,30,31). The molecule has 10 aromatic rings. The van der Waals surface area contributed by atoms with Crippen molar-refractivity contribution in [3.63, 3.8) is 0 Å². The molecule has 64 heavy (non-hydrogen) atoms. The molecule has 312 valence electrons. The molecule has 4 amide bonds. The van der Waals surface area contributed by atoms with Crippen molar-refractivity contribution in [2.24, 2.45) is 0 Å². The number of hydrogen-bond acceptors (Lipinski definition) is 6. The van der Waals surface area contributed by atoms with E-state index in [1.807, 2.05) is 89.5 Å². The Bertz CT molecular complexity index is 3870. The van der Waals surface area contributed by atoms with E-state index in [-0.39, 0.29) is 29.4 Å². The highest BCUT2D eigenvalue weighted by molar-refractivity contribution is 6.41. The Balaban J connectivity index is 0.000000129. The molecule has 2 aliphatic carbocycles. The molecule has 0 radical (unpaired) electrons. The number of rotatable bonds is 2. The Morgan fingerprint density at radius 2 is 0.984 bits per heavy atom. The number of aromatic amines is 2. The largest absolute Gasteiger partial charge is 0.509 e. The van der Waals surface area contributed by atoms with Crippen LogP contribution < -0.4 is 10.6 Å². The Kier molecular flexibility index (Phi) is 7.53. The Morgan fingerprint density at radius 3 is 1.52 bits per heavy atom. The van der Waals surface area contributed by atoms with Crippen LogP contribution in [0.3, 0.4) is 0 Å². The molecule has 12 heteroatoms.